The number of amides is 3. The number of primary amides is 1. The van der Waals surface area contributed by atoms with E-state index >= 15 is 0 Å². The summed E-state index contributed by atoms with van der Waals surface area (Å²) in [5.41, 5.74) is 4.99. The first-order chi connectivity index (χ1) is 7.79. The number of nitrogens with two attached hydrogens (primary N) is 1. The SMILES string of the molecule is CCN(CC(N)=O)C(=O)NC(C)C(C)C(=O)O. The average molecular weight is 245 g/mol. The van der Waals surface area contributed by atoms with Gasteiger partial charge in [-0.05, 0) is 20.8 Å². The molecule has 0 saturated carbocycles. The molecule has 2 unspecified atom stereocenters. The third kappa shape index (κ3) is 5.19. The first kappa shape index (κ1) is 15.2. The van der Waals surface area contributed by atoms with E-state index < -0.39 is 29.9 Å². The zero-order valence-electron chi connectivity index (χ0n) is 10.3. The van der Waals surface area contributed by atoms with Gasteiger partial charge in [0.15, 0.2) is 0 Å². The van der Waals surface area contributed by atoms with Gasteiger partial charge in [0.2, 0.25) is 5.91 Å². The van der Waals surface area contributed by atoms with Gasteiger partial charge in [-0.2, -0.15) is 0 Å². The molecule has 2 atom stereocenters. The van der Waals surface area contributed by atoms with Gasteiger partial charge in [-0.3, -0.25) is 9.59 Å². The van der Waals surface area contributed by atoms with Crippen LogP contribution in [0.15, 0.2) is 0 Å². The van der Waals surface area contributed by atoms with Gasteiger partial charge < -0.3 is 21.1 Å². The summed E-state index contributed by atoms with van der Waals surface area (Å²) in [5.74, 6) is -2.30. The number of aliphatic carboxylic acids is 1. The van der Waals surface area contributed by atoms with Crippen molar-refractivity contribution < 1.29 is 19.5 Å². The molecule has 0 aliphatic carbocycles. The lowest BCUT2D eigenvalue weighted by molar-refractivity contribution is -0.141. The summed E-state index contributed by atoms with van der Waals surface area (Å²) in [6, 6.07) is -1.02. The molecular weight excluding hydrogens is 226 g/mol. The number of carbonyl (C=O) groups is 3. The van der Waals surface area contributed by atoms with Crippen LogP contribution in [-0.2, 0) is 9.59 Å². The van der Waals surface area contributed by atoms with E-state index in [4.69, 9.17) is 10.8 Å². The fraction of sp³-hybridized carbons (Fsp3) is 0.700. The van der Waals surface area contributed by atoms with E-state index in [1.807, 2.05) is 0 Å². The molecule has 7 nitrogen and oxygen atoms in total. The fourth-order valence-corrected chi connectivity index (χ4v) is 1.14. The van der Waals surface area contributed by atoms with Crippen molar-refractivity contribution >= 4 is 17.9 Å². The van der Waals surface area contributed by atoms with E-state index in [-0.39, 0.29) is 6.54 Å². The monoisotopic (exact) mass is 245 g/mol. The minimum Gasteiger partial charge on any atom is -0.481 e. The van der Waals surface area contributed by atoms with Crippen LogP contribution in [0.25, 0.3) is 0 Å². The van der Waals surface area contributed by atoms with Crippen molar-refractivity contribution in [2.75, 3.05) is 13.1 Å². The van der Waals surface area contributed by atoms with Crippen LogP contribution in [0.5, 0.6) is 0 Å². The molecule has 0 fully saturated rings. The molecular formula is C10H19N3O4. The molecule has 0 aliphatic rings. The summed E-state index contributed by atoms with van der Waals surface area (Å²) in [7, 11) is 0. The molecule has 0 aliphatic heterocycles. The lowest BCUT2D eigenvalue weighted by Gasteiger charge is -2.24. The van der Waals surface area contributed by atoms with E-state index in [2.05, 4.69) is 5.32 Å². The van der Waals surface area contributed by atoms with Crippen LogP contribution in [0, 0.1) is 5.92 Å². The predicted molar refractivity (Wildman–Crippen MR) is 61.2 cm³/mol. The first-order valence-electron chi connectivity index (χ1n) is 5.36. The lowest BCUT2D eigenvalue weighted by atomic mass is 10.0. The van der Waals surface area contributed by atoms with E-state index in [9.17, 15) is 14.4 Å². The third-order valence-electron chi connectivity index (χ3n) is 2.51. The van der Waals surface area contributed by atoms with Crippen LogP contribution in [0.2, 0.25) is 0 Å². The number of carboxylic acid groups (broad SMARTS) is 1. The Morgan fingerprint density at radius 2 is 1.88 bits per heavy atom. The smallest absolute Gasteiger partial charge is 0.318 e. The largest absolute Gasteiger partial charge is 0.481 e. The zero-order chi connectivity index (χ0) is 13.6. The van der Waals surface area contributed by atoms with Crippen molar-refractivity contribution in [3.8, 4) is 0 Å². The van der Waals surface area contributed by atoms with Crippen molar-refractivity contribution in [2.24, 2.45) is 11.7 Å². The highest BCUT2D eigenvalue weighted by atomic mass is 16.4. The molecule has 0 rings (SSSR count). The summed E-state index contributed by atoms with van der Waals surface area (Å²) in [4.78, 5) is 34.3. The maximum absolute atomic E-state index is 11.7. The number of hydrogen-bond acceptors (Lipinski definition) is 3. The van der Waals surface area contributed by atoms with Gasteiger partial charge >= 0.3 is 12.0 Å². The highest BCUT2D eigenvalue weighted by Gasteiger charge is 2.23. The van der Waals surface area contributed by atoms with Crippen LogP contribution in [-0.4, -0.2) is 47.0 Å². The Morgan fingerprint density at radius 3 is 2.24 bits per heavy atom. The molecule has 0 radical (unpaired) electrons. The number of rotatable bonds is 6. The van der Waals surface area contributed by atoms with Gasteiger partial charge in [0.25, 0.3) is 0 Å². The van der Waals surface area contributed by atoms with Gasteiger partial charge in [0.1, 0.15) is 6.54 Å². The van der Waals surface area contributed by atoms with Crippen LogP contribution < -0.4 is 11.1 Å². The highest BCUT2D eigenvalue weighted by molar-refractivity contribution is 5.83. The Balaban J connectivity index is 4.40. The molecule has 0 heterocycles. The second-order valence-electron chi connectivity index (χ2n) is 3.85. The Labute approximate surface area is 100.0 Å². The van der Waals surface area contributed by atoms with Crippen LogP contribution >= 0.6 is 0 Å². The molecule has 0 bridgehead atoms. The van der Waals surface area contributed by atoms with E-state index in [0.29, 0.717) is 6.54 Å². The first-order valence-corrected chi connectivity index (χ1v) is 5.36. The second-order valence-corrected chi connectivity index (χ2v) is 3.85. The summed E-state index contributed by atoms with van der Waals surface area (Å²) in [5, 5.41) is 11.3. The number of nitrogens with one attached hydrogen (secondary N) is 1. The van der Waals surface area contributed by atoms with Crippen molar-refractivity contribution in [1.82, 2.24) is 10.2 Å². The van der Waals surface area contributed by atoms with Gasteiger partial charge in [-0.1, -0.05) is 0 Å². The minimum absolute atomic E-state index is 0.184. The maximum atomic E-state index is 11.7. The lowest BCUT2D eigenvalue weighted by Crippen LogP contribution is -2.49. The van der Waals surface area contributed by atoms with Crippen molar-refractivity contribution in [2.45, 2.75) is 26.8 Å². The van der Waals surface area contributed by atoms with Gasteiger partial charge in [0, 0.05) is 12.6 Å². The van der Waals surface area contributed by atoms with Crippen molar-refractivity contribution in [3.05, 3.63) is 0 Å². The number of urea groups is 1. The van der Waals surface area contributed by atoms with Crippen molar-refractivity contribution in [3.63, 3.8) is 0 Å². The van der Waals surface area contributed by atoms with E-state index in [1.54, 1.807) is 13.8 Å². The van der Waals surface area contributed by atoms with Crippen molar-refractivity contribution in [1.29, 1.82) is 0 Å². The molecule has 17 heavy (non-hydrogen) atoms. The van der Waals surface area contributed by atoms with Crippen LogP contribution in [0.1, 0.15) is 20.8 Å². The van der Waals surface area contributed by atoms with E-state index in [1.165, 1.54) is 11.8 Å². The van der Waals surface area contributed by atoms with Crippen LogP contribution in [0.4, 0.5) is 4.79 Å². The molecule has 7 heteroatoms. The molecule has 0 aromatic heterocycles. The maximum Gasteiger partial charge on any atom is 0.318 e. The molecule has 4 N–H and O–H groups in total. The Bertz CT molecular complexity index is 306. The Kier molecular flexibility index (Phi) is 6.01. The fourth-order valence-electron chi connectivity index (χ4n) is 1.14. The molecule has 0 spiro atoms. The number of nitrogens with zero attached hydrogens (tertiary/aromatic N) is 1. The summed E-state index contributed by atoms with van der Waals surface area (Å²) < 4.78 is 0. The standard InChI is InChI=1S/C10H19N3O4/c1-4-13(5-8(11)14)10(17)12-7(3)6(2)9(15)16/h6-7H,4-5H2,1-3H3,(H2,11,14)(H,12,17)(H,15,16). The third-order valence-corrected chi connectivity index (χ3v) is 2.51. The van der Waals surface area contributed by atoms with Crippen LogP contribution in [0.3, 0.4) is 0 Å². The topological polar surface area (TPSA) is 113 Å². The predicted octanol–water partition coefficient (Wildman–Crippen LogP) is -0.388. The second kappa shape index (κ2) is 6.72. The Morgan fingerprint density at radius 1 is 1.35 bits per heavy atom. The highest BCUT2D eigenvalue weighted by Crippen LogP contribution is 2.03. The average Bonchev–Trinajstić information content (AvgIpc) is 2.23. The Hall–Kier alpha value is -1.79. The zero-order valence-corrected chi connectivity index (χ0v) is 10.3. The van der Waals surface area contributed by atoms with E-state index in [0.717, 1.165) is 0 Å². The number of hydrogen-bond donors (Lipinski definition) is 3. The number of carbonyl (C=O) groups excluding carboxylic acids is 2. The molecule has 98 valence electrons. The van der Waals surface area contributed by atoms with Gasteiger partial charge in [0.05, 0.1) is 5.92 Å². The molecule has 3 amide bonds. The quantitative estimate of drug-likeness (QED) is 0.591. The summed E-state index contributed by atoms with van der Waals surface area (Å²) in [6.07, 6.45) is 0. The molecule has 0 aromatic rings. The number of carboxylic acids is 1. The molecule has 0 aromatic carbocycles. The number of likely N-dealkylation sites (N-methyl/N-ethyl adjacent to an activating group) is 1. The van der Waals surface area contributed by atoms with Gasteiger partial charge in [-0.25, -0.2) is 4.79 Å². The summed E-state index contributed by atoms with van der Waals surface area (Å²) >= 11 is 0. The summed E-state index contributed by atoms with van der Waals surface area (Å²) in [6.45, 7) is 4.93. The normalized spacial score (nSPS) is 13.6. The molecule has 0 saturated heterocycles. The van der Waals surface area contributed by atoms with Gasteiger partial charge in [-0.15, -0.1) is 0 Å². The minimum atomic E-state index is -0.990.